The molecule has 0 saturated carbocycles. The number of hydrogen-bond acceptors (Lipinski definition) is 0. The summed E-state index contributed by atoms with van der Waals surface area (Å²) < 4.78 is 0. The maximum Gasteiger partial charge on any atom is -0.00561 e. The summed E-state index contributed by atoms with van der Waals surface area (Å²) in [7, 11) is 0. The van der Waals surface area contributed by atoms with E-state index in [1.165, 1.54) is 31.3 Å². The van der Waals surface area contributed by atoms with Gasteiger partial charge in [0.1, 0.15) is 0 Å². The van der Waals surface area contributed by atoms with Gasteiger partial charge in [-0.25, -0.2) is 0 Å². The maximum absolute atomic E-state index is 3.37. The van der Waals surface area contributed by atoms with Gasteiger partial charge in [0, 0.05) is 0 Å². The van der Waals surface area contributed by atoms with Gasteiger partial charge in [-0.3, -0.25) is 0 Å². The molecule has 1 heteroatoms. The van der Waals surface area contributed by atoms with E-state index in [0.717, 1.165) is 0 Å². The minimum absolute atomic E-state index is 1.18. The molecule has 0 N–H and O–H groups in total. The smallest absolute Gasteiger partial charge is 0.00561 e. The van der Waals surface area contributed by atoms with Gasteiger partial charge in [-0.2, -0.15) is 0 Å². The fraction of sp³-hybridized carbons (Fsp3) is 0.400. The van der Waals surface area contributed by atoms with E-state index in [1.807, 2.05) is 4.99 Å². The van der Waals surface area contributed by atoms with Gasteiger partial charge in [0.2, 0.25) is 0 Å². The van der Waals surface area contributed by atoms with Crippen molar-refractivity contribution in [3.63, 3.8) is 0 Å². The van der Waals surface area contributed by atoms with Gasteiger partial charge in [0.15, 0.2) is 0 Å². The van der Waals surface area contributed by atoms with Crippen molar-refractivity contribution < 1.29 is 0 Å². The van der Waals surface area contributed by atoms with Crippen LogP contribution in [0.3, 0.4) is 0 Å². The molecule has 0 atom stereocenters. The van der Waals surface area contributed by atoms with E-state index < -0.39 is 0 Å². The number of rotatable bonds is 0. The fourth-order valence-electron chi connectivity index (χ4n) is 1.82. The third-order valence-corrected chi connectivity index (χ3v) is 3.02. The molecule has 0 aromatic carbocycles. The number of halogens is 1. The Balaban J connectivity index is 2.25. The lowest BCUT2D eigenvalue weighted by Gasteiger charge is -2.09. The van der Waals surface area contributed by atoms with Gasteiger partial charge < -0.3 is 0 Å². The summed E-state index contributed by atoms with van der Waals surface area (Å²) in [6, 6.07) is 0. The maximum atomic E-state index is 3.37. The summed E-state index contributed by atoms with van der Waals surface area (Å²) in [4.78, 5) is 2.03. The highest BCUT2D eigenvalue weighted by Crippen LogP contribution is 2.35. The molecule has 2 aliphatic rings. The normalized spacial score (nSPS) is 26.5. The predicted octanol–water partition coefficient (Wildman–Crippen LogP) is 3.71. The Kier molecular flexibility index (Phi) is 1.99. The standard InChI is InChI=1S/C10H11Br/c11-7-8-4-5-9-2-1-3-10(9)6-8/h4-5,7H,1-3,6H2/b8-7-. The first-order chi connectivity index (χ1) is 5.40. The highest BCUT2D eigenvalue weighted by molar-refractivity contribution is 9.11. The zero-order chi connectivity index (χ0) is 7.68. The van der Waals surface area contributed by atoms with Crippen LogP contribution in [0.2, 0.25) is 0 Å². The third-order valence-electron chi connectivity index (χ3n) is 2.44. The molecule has 58 valence electrons. The summed E-state index contributed by atoms with van der Waals surface area (Å²) in [5, 5.41) is 0. The molecule has 0 unspecified atom stereocenters. The van der Waals surface area contributed by atoms with Crippen molar-refractivity contribution in [3.05, 3.63) is 33.9 Å². The van der Waals surface area contributed by atoms with E-state index in [1.54, 1.807) is 11.1 Å². The summed E-state index contributed by atoms with van der Waals surface area (Å²) in [6.07, 6.45) is 9.67. The SMILES string of the molecule is Br/C=C1/C=CC2=C(CCC2)C1. The Bertz CT molecular complexity index is 256. The molecule has 0 heterocycles. The lowest BCUT2D eigenvalue weighted by molar-refractivity contribution is 0.887. The lowest BCUT2D eigenvalue weighted by Crippen LogP contribution is -1.90. The minimum Gasteiger partial charge on any atom is -0.0626 e. The molecule has 0 amide bonds. The van der Waals surface area contributed by atoms with Gasteiger partial charge in [0.25, 0.3) is 0 Å². The van der Waals surface area contributed by atoms with Crippen molar-refractivity contribution >= 4 is 15.9 Å². The van der Waals surface area contributed by atoms with Crippen LogP contribution in [0.5, 0.6) is 0 Å². The molecule has 0 bridgehead atoms. The van der Waals surface area contributed by atoms with Gasteiger partial charge >= 0.3 is 0 Å². The van der Waals surface area contributed by atoms with Crippen LogP contribution >= 0.6 is 15.9 Å². The van der Waals surface area contributed by atoms with Crippen LogP contribution in [-0.2, 0) is 0 Å². The van der Waals surface area contributed by atoms with Crippen LogP contribution in [0.1, 0.15) is 25.7 Å². The summed E-state index contributed by atoms with van der Waals surface area (Å²) in [5.41, 5.74) is 4.67. The predicted molar refractivity (Wildman–Crippen MR) is 51.6 cm³/mol. The Morgan fingerprint density at radius 1 is 1.27 bits per heavy atom. The fourth-order valence-corrected chi connectivity index (χ4v) is 2.14. The first-order valence-electron chi connectivity index (χ1n) is 4.08. The molecule has 2 aliphatic carbocycles. The Labute approximate surface area is 75.8 Å². The van der Waals surface area contributed by atoms with Crippen molar-refractivity contribution in [1.29, 1.82) is 0 Å². The number of hydrogen-bond donors (Lipinski definition) is 0. The molecule has 0 spiro atoms. The van der Waals surface area contributed by atoms with E-state index in [2.05, 4.69) is 28.1 Å². The van der Waals surface area contributed by atoms with Crippen molar-refractivity contribution in [2.75, 3.05) is 0 Å². The zero-order valence-corrected chi connectivity index (χ0v) is 8.02. The van der Waals surface area contributed by atoms with Gasteiger partial charge in [-0.1, -0.05) is 33.7 Å². The van der Waals surface area contributed by atoms with E-state index >= 15 is 0 Å². The molecule has 0 aliphatic heterocycles. The lowest BCUT2D eigenvalue weighted by atomic mass is 9.97. The van der Waals surface area contributed by atoms with Crippen molar-refractivity contribution in [1.82, 2.24) is 0 Å². The highest BCUT2D eigenvalue weighted by atomic mass is 79.9. The average Bonchev–Trinajstić information content (AvgIpc) is 2.50. The first kappa shape index (κ1) is 7.35. The summed E-state index contributed by atoms with van der Waals surface area (Å²) >= 11 is 3.37. The van der Waals surface area contributed by atoms with Gasteiger partial charge in [0.05, 0.1) is 0 Å². The molecule has 0 aromatic heterocycles. The van der Waals surface area contributed by atoms with E-state index in [9.17, 15) is 0 Å². The van der Waals surface area contributed by atoms with E-state index in [-0.39, 0.29) is 0 Å². The highest BCUT2D eigenvalue weighted by Gasteiger charge is 2.15. The number of allylic oxidation sites excluding steroid dienone is 5. The van der Waals surface area contributed by atoms with Crippen LogP contribution in [0.25, 0.3) is 0 Å². The Morgan fingerprint density at radius 3 is 3.00 bits per heavy atom. The summed E-state index contributed by atoms with van der Waals surface area (Å²) in [5.74, 6) is 0. The second-order valence-electron chi connectivity index (χ2n) is 3.18. The molecule has 11 heavy (non-hydrogen) atoms. The molecule has 2 rings (SSSR count). The third kappa shape index (κ3) is 1.34. The largest absolute Gasteiger partial charge is 0.0626 e. The molecular weight excluding hydrogens is 200 g/mol. The van der Waals surface area contributed by atoms with Crippen LogP contribution in [-0.4, -0.2) is 0 Å². The van der Waals surface area contributed by atoms with Crippen molar-refractivity contribution in [3.8, 4) is 0 Å². The zero-order valence-electron chi connectivity index (χ0n) is 6.44. The van der Waals surface area contributed by atoms with Crippen molar-refractivity contribution in [2.24, 2.45) is 0 Å². The quantitative estimate of drug-likeness (QED) is 0.573. The molecule has 0 saturated heterocycles. The Hall–Kier alpha value is -0.300. The minimum atomic E-state index is 1.18. The van der Waals surface area contributed by atoms with Crippen LogP contribution < -0.4 is 0 Å². The first-order valence-corrected chi connectivity index (χ1v) is 5.00. The van der Waals surface area contributed by atoms with Gasteiger partial charge in [-0.15, -0.1) is 0 Å². The van der Waals surface area contributed by atoms with Crippen LogP contribution in [0.15, 0.2) is 33.9 Å². The van der Waals surface area contributed by atoms with E-state index in [4.69, 9.17) is 0 Å². The van der Waals surface area contributed by atoms with Gasteiger partial charge in [-0.05, 0) is 41.8 Å². The van der Waals surface area contributed by atoms with Crippen molar-refractivity contribution in [2.45, 2.75) is 25.7 Å². The summed E-state index contributed by atoms with van der Waals surface area (Å²) in [6.45, 7) is 0. The Morgan fingerprint density at radius 2 is 2.18 bits per heavy atom. The molecule has 0 fully saturated rings. The second kappa shape index (κ2) is 2.98. The molecular formula is C10H11Br. The average molecular weight is 211 g/mol. The molecule has 0 radical (unpaired) electrons. The van der Waals surface area contributed by atoms with E-state index in [0.29, 0.717) is 0 Å². The topological polar surface area (TPSA) is 0 Å². The van der Waals surface area contributed by atoms with Crippen LogP contribution in [0.4, 0.5) is 0 Å². The second-order valence-corrected chi connectivity index (χ2v) is 3.63. The van der Waals surface area contributed by atoms with Crippen LogP contribution in [0, 0.1) is 0 Å². The molecule has 0 nitrogen and oxygen atoms in total. The monoisotopic (exact) mass is 210 g/mol. The molecule has 0 aromatic rings.